The molecule has 3 aromatic heterocycles. The average Bonchev–Trinajstić information content (AvgIpc) is 3.94. The highest BCUT2D eigenvalue weighted by atomic mass is 15.2. The average molecular weight is 733 g/mol. The van der Waals surface area contributed by atoms with Crippen LogP contribution in [0, 0.1) is 0 Å². The van der Waals surface area contributed by atoms with Crippen LogP contribution >= 0.6 is 0 Å². The Labute approximate surface area is 347 Å². The second-order valence-corrected chi connectivity index (χ2v) is 12.8. The first-order valence-corrected chi connectivity index (χ1v) is 17.5. The van der Waals surface area contributed by atoms with E-state index in [0.717, 1.165) is 21.8 Å². The Morgan fingerprint density at radius 3 is 1.71 bits per heavy atom. The zero-order valence-corrected chi connectivity index (χ0v) is 29.0. The molecule has 0 N–H and O–H groups in total. The predicted octanol–water partition coefficient (Wildman–Crippen LogP) is 12.7. The van der Waals surface area contributed by atoms with Gasteiger partial charge in [0, 0.05) is 38.2 Å². The van der Waals surface area contributed by atoms with Crippen molar-refractivity contribution in [1.82, 2.24) is 24.1 Å². The molecule has 0 atom stereocenters. The molecule has 0 fully saturated rings. The van der Waals surface area contributed by atoms with E-state index in [1.54, 1.807) is 6.07 Å². The molecule has 0 aliphatic carbocycles. The van der Waals surface area contributed by atoms with Crippen molar-refractivity contribution in [3.8, 4) is 56.7 Å². The second kappa shape index (κ2) is 13.0. The Morgan fingerprint density at radius 2 is 0.982 bits per heavy atom. The van der Waals surface area contributed by atoms with Crippen LogP contribution in [0.15, 0.2) is 200 Å². The van der Waals surface area contributed by atoms with Crippen LogP contribution in [0.5, 0.6) is 0 Å². The molecule has 3 heterocycles. The first-order chi connectivity index (χ1) is 34.8. The fourth-order valence-electron chi connectivity index (χ4n) is 7.16. The third-order valence-corrected chi connectivity index (χ3v) is 9.61. The van der Waals surface area contributed by atoms with Gasteiger partial charge >= 0.3 is 0 Å². The van der Waals surface area contributed by atoms with Crippen molar-refractivity contribution in [1.29, 1.82) is 0 Å². The van der Waals surface area contributed by atoms with E-state index in [1.165, 1.54) is 16.7 Å². The van der Waals surface area contributed by atoms with Gasteiger partial charge in [0.1, 0.15) is 0 Å². The van der Waals surface area contributed by atoms with Gasteiger partial charge in [-0.25, -0.2) is 4.98 Å². The van der Waals surface area contributed by atoms with E-state index < -0.39 is 114 Å². The highest BCUT2D eigenvalue weighted by Crippen LogP contribution is 2.40. The summed E-state index contributed by atoms with van der Waals surface area (Å²) in [7, 11) is 0. The molecular weight excluding hydrogens is 683 g/mol. The molecule has 5 nitrogen and oxygen atoms in total. The van der Waals surface area contributed by atoms with Crippen LogP contribution in [0.1, 0.15) is 23.3 Å². The van der Waals surface area contributed by atoms with Gasteiger partial charge in [0.2, 0.25) is 5.95 Å². The molecule has 5 heteroatoms. The number of rotatable bonds is 6. The van der Waals surface area contributed by atoms with Crippen molar-refractivity contribution in [2.24, 2.45) is 0 Å². The molecule has 0 spiro atoms. The number of hydrogen-bond donors (Lipinski definition) is 0. The number of para-hydroxylation sites is 3. The summed E-state index contributed by atoms with van der Waals surface area (Å²) < 4.78 is 155. The lowest BCUT2D eigenvalue weighted by atomic mass is 10.00. The maximum atomic E-state index is 9.67. The van der Waals surface area contributed by atoms with E-state index >= 15 is 0 Å². The third-order valence-electron chi connectivity index (χ3n) is 9.61. The summed E-state index contributed by atoms with van der Waals surface area (Å²) in [6.07, 6.45) is 0. The lowest BCUT2D eigenvalue weighted by Gasteiger charge is -2.16. The summed E-state index contributed by atoms with van der Waals surface area (Å²) in [5, 5.41) is 1.19. The molecule has 0 bridgehead atoms. The van der Waals surface area contributed by atoms with Gasteiger partial charge in [0.25, 0.3) is 0 Å². The second-order valence-electron chi connectivity index (χ2n) is 12.8. The molecule has 0 saturated carbocycles. The maximum absolute atomic E-state index is 9.67. The number of nitrogens with zero attached hydrogens (tertiary/aromatic N) is 5. The first kappa shape index (κ1) is 19.1. The van der Waals surface area contributed by atoms with Crippen molar-refractivity contribution in [3.63, 3.8) is 0 Å². The lowest BCUT2D eigenvalue weighted by Crippen LogP contribution is -2.06. The Kier molecular flexibility index (Phi) is 4.45. The Hall–Kier alpha value is -7.63. The van der Waals surface area contributed by atoms with Crippen molar-refractivity contribution in [2.45, 2.75) is 0 Å². The van der Waals surface area contributed by atoms with Crippen LogP contribution < -0.4 is 0 Å². The molecule has 0 aliphatic heterocycles. The summed E-state index contributed by atoms with van der Waals surface area (Å²) in [5.74, 6) is 0.545. The molecule has 262 valence electrons. The molecule has 56 heavy (non-hydrogen) atoms. The van der Waals surface area contributed by atoms with Crippen molar-refractivity contribution in [2.75, 3.05) is 0 Å². The van der Waals surface area contributed by atoms with Crippen LogP contribution in [0.3, 0.4) is 0 Å². The minimum absolute atomic E-state index is 0.0707. The molecule has 0 unspecified atom stereocenters. The molecular formula is C51H33N5. The summed E-state index contributed by atoms with van der Waals surface area (Å²) in [6, 6.07) is 16.8. The van der Waals surface area contributed by atoms with Crippen molar-refractivity contribution < 1.29 is 23.3 Å². The monoisotopic (exact) mass is 732 g/mol. The fourth-order valence-corrected chi connectivity index (χ4v) is 7.16. The fraction of sp³-hybridized carbons (Fsp3) is 0. The predicted molar refractivity (Wildman–Crippen MR) is 230 cm³/mol. The van der Waals surface area contributed by atoms with Gasteiger partial charge in [0.05, 0.1) is 51.1 Å². The Balaban J connectivity index is 1.29. The van der Waals surface area contributed by atoms with Crippen molar-refractivity contribution >= 4 is 43.6 Å². The molecule has 0 aliphatic rings. The molecule has 0 saturated heterocycles. The van der Waals surface area contributed by atoms with Crippen molar-refractivity contribution in [3.05, 3.63) is 200 Å². The smallest absolute Gasteiger partial charge is 0.238 e. The third kappa shape index (κ3) is 5.21. The number of benzene rings is 8. The van der Waals surface area contributed by atoms with E-state index in [-0.39, 0.29) is 61.8 Å². The molecule has 11 aromatic rings. The highest BCUT2D eigenvalue weighted by molar-refractivity contribution is 6.11. The summed E-state index contributed by atoms with van der Waals surface area (Å²) in [4.78, 5) is 14.9. The van der Waals surface area contributed by atoms with Gasteiger partial charge < -0.3 is 4.57 Å². The van der Waals surface area contributed by atoms with Gasteiger partial charge in [0.15, 0.2) is 11.6 Å². The Bertz CT molecular complexity index is 4140. The van der Waals surface area contributed by atoms with E-state index in [0.29, 0.717) is 5.56 Å². The van der Waals surface area contributed by atoms with Gasteiger partial charge in [-0.3, -0.25) is 4.57 Å². The van der Waals surface area contributed by atoms with Gasteiger partial charge in [-0.05, 0) is 65.1 Å². The van der Waals surface area contributed by atoms with Gasteiger partial charge in [-0.15, -0.1) is 0 Å². The van der Waals surface area contributed by atoms with Crippen LogP contribution in [0.25, 0.3) is 100 Å². The molecule has 0 amide bonds. The number of hydrogen-bond acceptors (Lipinski definition) is 3. The number of aromatic nitrogens is 5. The zero-order chi connectivity index (χ0) is 51.8. The van der Waals surface area contributed by atoms with E-state index in [2.05, 4.69) is 0 Å². The molecule has 8 aromatic carbocycles. The topological polar surface area (TPSA) is 48.5 Å². The Morgan fingerprint density at radius 1 is 0.375 bits per heavy atom. The van der Waals surface area contributed by atoms with Gasteiger partial charge in [-0.2, -0.15) is 9.97 Å². The largest absolute Gasteiger partial charge is 0.309 e. The summed E-state index contributed by atoms with van der Waals surface area (Å²) >= 11 is 0. The van der Waals surface area contributed by atoms with Crippen LogP contribution in [0.4, 0.5) is 0 Å². The maximum Gasteiger partial charge on any atom is 0.238 e. The van der Waals surface area contributed by atoms with Crippen LogP contribution in [0.2, 0.25) is 0 Å². The lowest BCUT2D eigenvalue weighted by molar-refractivity contribution is 0.953. The standard InChI is InChI=1S/C51H33N5/c1-4-16-34(17-5-1)37-28-30-48-43(32-37)41-24-12-13-25-44(41)55(48)47-31-29-38(33-42(47)35-18-6-2-7-19-35)50-52-49(36-20-8-3-9-21-36)53-51(54-50)56-45-26-14-10-22-39(45)40-23-11-15-27-46(40)56/h1-33H/i1D,2D,4D,5D,6D,7D,12D,13D,16D,17D,18D,19D,24D,25D,28D,30D,32D. The van der Waals surface area contributed by atoms with Crippen LogP contribution in [-0.4, -0.2) is 24.1 Å². The number of fused-ring (bicyclic) bond motifs is 6. The minimum Gasteiger partial charge on any atom is -0.309 e. The van der Waals surface area contributed by atoms with Gasteiger partial charge in [-0.1, -0.05) is 151 Å². The van der Waals surface area contributed by atoms with E-state index in [4.69, 9.17) is 28.7 Å². The minimum atomic E-state index is -0.785. The molecule has 11 rings (SSSR count). The zero-order valence-electron chi connectivity index (χ0n) is 46.0. The van der Waals surface area contributed by atoms with E-state index in [1.807, 2.05) is 83.4 Å². The quantitative estimate of drug-likeness (QED) is 0.171. The van der Waals surface area contributed by atoms with E-state index in [9.17, 15) is 9.60 Å². The molecule has 0 radical (unpaired) electrons. The summed E-state index contributed by atoms with van der Waals surface area (Å²) in [5.41, 5.74) is -0.00735. The summed E-state index contributed by atoms with van der Waals surface area (Å²) in [6.45, 7) is 0. The van der Waals surface area contributed by atoms with Crippen LogP contribution in [-0.2, 0) is 0 Å². The normalized spacial score (nSPS) is 15.8. The SMILES string of the molecule is [2H]c1c([2H])c([2H])c(-c2cc(-c3nc(-c4ccccc4)nc(-n4c5ccccc5c5ccccc54)n3)ccc2-n2c3c([2H])c([2H])c([2H])c([2H])c3c3c([2H])c(-c4c([2H])c([2H])c([2H])c([2H])c4[2H])c([2H])c([2H])c32)c([2H])c1[2H]. The first-order valence-electron chi connectivity index (χ1n) is 26.0. The highest BCUT2D eigenvalue weighted by Gasteiger charge is 2.21.